The van der Waals surface area contributed by atoms with E-state index in [1.54, 1.807) is 34.1 Å². The molecule has 24 heavy (non-hydrogen) atoms. The summed E-state index contributed by atoms with van der Waals surface area (Å²) in [5.41, 5.74) is 1.16. The Morgan fingerprint density at radius 3 is 2.12 bits per heavy atom. The summed E-state index contributed by atoms with van der Waals surface area (Å²) < 4.78 is 0. The monoisotopic (exact) mass is 329 g/mol. The summed E-state index contributed by atoms with van der Waals surface area (Å²) in [6.45, 7) is 2.22. The van der Waals surface area contributed by atoms with Crippen LogP contribution >= 0.6 is 0 Å². The number of carbonyl (C=O) groups excluding carboxylic acids is 3. The highest BCUT2D eigenvalue weighted by atomic mass is 16.2. The van der Waals surface area contributed by atoms with Gasteiger partial charge in [-0.2, -0.15) is 0 Å². The van der Waals surface area contributed by atoms with Crippen LogP contribution in [-0.2, 0) is 4.79 Å². The predicted molar refractivity (Wildman–Crippen MR) is 89.7 cm³/mol. The van der Waals surface area contributed by atoms with Crippen molar-refractivity contribution in [1.29, 1.82) is 0 Å². The molecule has 0 bridgehead atoms. The van der Waals surface area contributed by atoms with Crippen LogP contribution in [0.1, 0.15) is 46.4 Å². The van der Waals surface area contributed by atoms with E-state index >= 15 is 0 Å². The summed E-state index contributed by atoms with van der Waals surface area (Å²) in [5.74, 6) is -0.121. The fraction of sp³-hybridized carbons (Fsp3) is 0.500. The molecule has 3 rings (SSSR count). The lowest BCUT2D eigenvalue weighted by Gasteiger charge is -2.32. The Labute approximate surface area is 141 Å². The molecule has 6 heteroatoms. The normalized spacial score (nSPS) is 18.5. The number of piperazine rings is 1. The van der Waals surface area contributed by atoms with Crippen LogP contribution in [0.4, 0.5) is 0 Å². The first-order valence-electron chi connectivity index (χ1n) is 8.57. The number of carbonyl (C=O) groups is 3. The molecule has 1 aliphatic carbocycles. The van der Waals surface area contributed by atoms with E-state index in [2.05, 4.69) is 5.32 Å². The Kier molecular flexibility index (Phi) is 5.13. The van der Waals surface area contributed by atoms with Crippen LogP contribution in [0.2, 0.25) is 0 Å². The molecular formula is C18H23N3O3. The van der Waals surface area contributed by atoms with Crippen LogP contribution in [-0.4, -0.2) is 60.2 Å². The number of rotatable bonds is 4. The average molecular weight is 329 g/mol. The number of nitrogens with one attached hydrogen (secondary N) is 1. The zero-order chi connectivity index (χ0) is 16.9. The molecule has 1 N–H and O–H groups in total. The predicted octanol–water partition coefficient (Wildman–Crippen LogP) is 1.27. The third-order valence-corrected chi connectivity index (χ3v) is 4.83. The standard InChI is InChI=1S/C18H23N3O3/c22-13-20-9-11-21(12-10-20)18(24)15-7-5-14(6-8-15)17(23)19-16-3-1-2-4-16/h5-8,13,16H,1-4,9-12H2,(H,19,23). The number of hydrogen-bond donors (Lipinski definition) is 1. The number of benzene rings is 1. The smallest absolute Gasteiger partial charge is 0.253 e. The minimum absolute atomic E-state index is 0.0525. The largest absolute Gasteiger partial charge is 0.349 e. The van der Waals surface area contributed by atoms with Crippen molar-refractivity contribution in [3.63, 3.8) is 0 Å². The zero-order valence-corrected chi connectivity index (χ0v) is 13.7. The molecular weight excluding hydrogens is 306 g/mol. The maximum atomic E-state index is 12.5. The summed E-state index contributed by atoms with van der Waals surface area (Å²) in [6, 6.07) is 7.11. The summed E-state index contributed by atoms with van der Waals surface area (Å²) in [5, 5.41) is 3.05. The minimum atomic E-state index is -0.0690. The van der Waals surface area contributed by atoms with E-state index in [9.17, 15) is 14.4 Å². The summed E-state index contributed by atoms with van der Waals surface area (Å²) >= 11 is 0. The van der Waals surface area contributed by atoms with Gasteiger partial charge in [0.05, 0.1) is 0 Å². The van der Waals surface area contributed by atoms with Gasteiger partial charge < -0.3 is 15.1 Å². The van der Waals surface area contributed by atoms with E-state index < -0.39 is 0 Å². The van der Waals surface area contributed by atoms with Gasteiger partial charge in [-0.15, -0.1) is 0 Å². The molecule has 0 unspecified atom stereocenters. The molecule has 0 aromatic heterocycles. The number of amides is 3. The van der Waals surface area contributed by atoms with E-state index in [0.29, 0.717) is 37.3 Å². The highest BCUT2D eigenvalue weighted by Crippen LogP contribution is 2.18. The summed E-state index contributed by atoms with van der Waals surface area (Å²) in [7, 11) is 0. The van der Waals surface area contributed by atoms with Crippen LogP contribution in [0.15, 0.2) is 24.3 Å². The van der Waals surface area contributed by atoms with Gasteiger partial charge in [0.1, 0.15) is 0 Å². The third kappa shape index (κ3) is 3.75. The average Bonchev–Trinajstić information content (AvgIpc) is 3.14. The molecule has 6 nitrogen and oxygen atoms in total. The Morgan fingerprint density at radius 1 is 0.958 bits per heavy atom. The Hall–Kier alpha value is -2.37. The van der Waals surface area contributed by atoms with Gasteiger partial charge in [-0.1, -0.05) is 12.8 Å². The van der Waals surface area contributed by atoms with Gasteiger partial charge >= 0.3 is 0 Å². The summed E-state index contributed by atoms with van der Waals surface area (Å²) in [4.78, 5) is 38.8. The maximum absolute atomic E-state index is 12.5. The van der Waals surface area contributed by atoms with Gasteiger partial charge in [0, 0.05) is 43.3 Å². The van der Waals surface area contributed by atoms with Crippen LogP contribution in [0.3, 0.4) is 0 Å². The van der Waals surface area contributed by atoms with Crippen LogP contribution in [0.25, 0.3) is 0 Å². The number of nitrogens with zero attached hydrogens (tertiary/aromatic N) is 2. The van der Waals surface area contributed by atoms with Crippen LogP contribution in [0, 0.1) is 0 Å². The molecule has 1 saturated heterocycles. The molecule has 1 aliphatic heterocycles. The van der Waals surface area contributed by atoms with Crippen molar-refractivity contribution >= 4 is 18.2 Å². The van der Waals surface area contributed by atoms with Gasteiger partial charge in [0.2, 0.25) is 6.41 Å². The van der Waals surface area contributed by atoms with Crippen LogP contribution < -0.4 is 5.32 Å². The minimum Gasteiger partial charge on any atom is -0.349 e. The van der Waals surface area contributed by atoms with E-state index in [1.165, 1.54) is 12.8 Å². The molecule has 1 aromatic carbocycles. The lowest BCUT2D eigenvalue weighted by molar-refractivity contribution is -0.119. The van der Waals surface area contributed by atoms with E-state index in [4.69, 9.17) is 0 Å². The summed E-state index contributed by atoms with van der Waals surface area (Å²) in [6.07, 6.45) is 5.27. The Balaban J connectivity index is 1.58. The first-order valence-corrected chi connectivity index (χ1v) is 8.57. The van der Waals surface area contributed by atoms with E-state index in [0.717, 1.165) is 19.3 Å². The van der Waals surface area contributed by atoms with Crippen molar-refractivity contribution < 1.29 is 14.4 Å². The van der Waals surface area contributed by atoms with Crippen molar-refractivity contribution in [1.82, 2.24) is 15.1 Å². The van der Waals surface area contributed by atoms with Crippen molar-refractivity contribution in [2.75, 3.05) is 26.2 Å². The van der Waals surface area contributed by atoms with Crippen molar-refractivity contribution in [3.05, 3.63) is 35.4 Å². The van der Waals surface area contributed by atoms with Gasteiger partial charge in [0.15, 0.2) is 0 Å². The lowest BCUT2D eigenvalue weighted by Crippen LogP contribution is -2.48. The molecule has 1 saturated carbocycles. The van der Waals surface area contributed by atoms with Crippen molar-refractivity contribution in [3.8, 4) is 0 Å². The van der Waals surface area contributed by atoms with Gasteiger partial charge in [-0.05, 0) is 37.1 Å². The Bertz CT molecular complexity index is 600. The molecule has 3 amide bonds. The highest BCUT2D eigenvalue weighted by molar-refractivity contribution is 5.98. The fourth-order valence-corrected chi connectivity index (χ4v) is 3.32. The number of hydrogen-bond acceptors (Lipinski definition) is 3. The topological polar surface area (TPSA) is 69.7 Å². The molecule has 2 aliphatic rings. The molecule has 128 valence electrons. The second-order valence-corrected chi connectivity index (χ2v) is 6.47. The third-order valence-electron chi connectivity index (χ3n) is 4.83. The first-order chi connectivity index (χ1) is 11.7. The van der Waals surface area contributed by atoms with Crippen molar-refractivity contribution in [2.45, 2.75) is 31.7 Å². The quantitative estimate of drug-likeness (QED) is 0.846. The molecule has 2 fully saturated rings. The fourth-order valence-electron chi connectivity index (χ4n) is 3.32. The van der Waals surface area contributed by atoms with E-state index in [-0.39, 0.29) is 17.9 Å². The van der Waals surface area contributed by atoms with E-state index in [1.807, 2.05) is 0 Å². The SMILES string of the molecule is O=CN1CCN(C(=O)c2ccc(C(=O)NC3CCCC3)cc2)CC1. The molecule has 1 aromatic rings. The molecule has 0 atom stereocenters. The second kappa shape index (κ2) is 7.47. The second-order valence-electron chi connectivity index (χ2n) is 6.47. The van der Waals surface area contributed by atoms with Gasteiger partial charge in [-0.3, -0.25) is 14.4 Å². The molecule has 0 spiro atoms. The molecule has 0 radical (unpaired) electrons. The van der Waals surface area contributed by atoms with Crippen LogP contribution in [0.5, 0.6) is 0 Å². The lowest BCUT2D eigenvalue weighted by atomic mass is 10.1. The first kappa shape index (κ1) is 16.5. The molecule has 1 heterocycles. The van der Waals surface area contributed by atoms with Gasteiger partial charge in [0.25, 0.3) is 11.8 Å². The van der Waals surface area contributed by atoms with Gasteiger partial charge in [-0.25, -0.2) is 0 Å². The highest BCUT2D eigenvalue weighted by Gasteiger charge is 2.22. The van der Waals surface area contributed by atoms with Crippen molar-refractivity contribution in [2.24, 2.45) is 0 Å². The maximum Gasteiger partial charge on any atom is 0.253 e. The zero-order valence-electron chi connectivity index (χ0n) is 13.7. The Morgan fingerprint density at radius 2 is 1.54 bits per heavy atom.